The number of anilines is 1. The number of halogens is 1. The first-order valence-electron chi connectivity index (χ1n) is 10.1. The van der Waals surface area contributed by atoms with Crippen LogP contribution in [0.3, 0.4) is 0 Å². The number of esters is 1. The Labute approximate surface area is 205 Å². The number of nitro groups is 1. The van der Waals surface area contributed by atoms with Crippen LogP contribution < -0.4 is 14.8 Å². The van der Waals surface area contributed by atoms with E-state index < -0.39 is 16.8 Å². The van der Waals surface area contributed by atoms with Gasteiger partial charge in [-0.25, -0.2) is 4.79 Å². The van der Waals surface area contributed by atoms with Crippen LogP contribution in [0.5, 0.6) is 11.5 Å². The number of nitro benzene ring substituents is 1. The summed E-state index contributed by atoms with van der Waals surface area (Å²) in [4.78, 5) is 35.4. The van der Waals surface area contributed by atoms with Gasteiger partial charge in [0.05, 0.1) is 28.3 Å². The number of methoxy groups -OCH3 is 1. The first-order chi connectivity index (χ1) is 16.7. The maximum absolute atomic E-state index is 12.6. The highest BCUT2D eigenvalue weighted by atomic mass is 35.5. The van der Waals surface area contributed by atoms with Crippen LogP contribution >= 0.6 is 11.6 Å². The van der Waals surface area contributed by atoms with Crippen LogP contribution in [0.1, 0.15) is 21.5 Å². The minimum absolute atomic E-state index is 0.0111. The molecular formula is C25H18ClN3O6. The zero-order chi connectivity index (χ0) is 25.5. The van der Waals surface area contributed by atoms with Gasteiger partial charge in [0.1, 0.15) is 11.6 Å². The number of nitrogens with zero attached hydrogens (tertiary/aromatic N) is 2. The largest absolute Gasteiger partial charge is 0.493 e. The summed E-state index contributed by atoms with van der Waals surface area (Å²) in [7, 11) is 1.38. The molecule has 3 aromatic rings. The number of ether oxygens (including phenoxy) is 2. The summed E-state index contributed by atoms with van der Waals surface area (Å²) in [5.41, 5.74) is 1.20. The van der Waals surface area contributed by atoms with E-state index in [-0.39, 0.29) is 33.5 Å². The van der Waals surface area contributed by atoms with Crippen LogP contribution in [0.15, 0.2) is 66.2 Å². The summed E-state index contributed by atoms with van der Waals surface area (Å²) < 4.78 is 10.7. The monoisotopic (exact) mass is 491 g/mol. The molecule has 10 heteroatoms. The van der Waals surface area contributed by atoms with Crippen molar-refractivity contribution in [1.29, 1.82) is 5.26 Å². The quantitative estimate of drug-likeness (QED) is 0.118. The Kier molecular flexibility index (Phi) is 7.81. The molecule has 0 spiro atoms. The van der Waals surface area contributed by atoms with Crippen molar-refractivity contribution in [3.05, 3.63) is 98.1 Å². The molecule has 0 atom stereocenters. The number of nitrogens with one attached hydrogen (secondary N) is 1. The first kappa shape index (κ1) is 25.0. The van der Waals surface area contributed by atoms with Crippen molar-refractivity contribution < 1.29 is 24.0 Å². The van der Waals surface area contributed by atoms with Gasteiger partial charge >= 0.3 is 5.97 Å². The van der Waals surface area contributed by atoms with Crippen molar-refractivity contribution in [2.45, 2.75) is 6.92 Å². The molecule has 0 saturated heterocycles. The minimum Gasteiger partial charge on any atom is -0.493 e. The Bertz CT molecular complexity index is 1380. The fourth-order valence-electron chi connectivity index (χ4n) is 2.93. The highest BCUT2D eigenvalue weighted by Gasteiger charge is 2.16. The minimum atomic E-state index is -0.816. The SMILES string of the molecule is COc1cc(/C=C(\C#N)C(=O)Nc2cc([N+](=O)[O-])ccc2Cl)ccc1OC(=O)c1ccc(C)cc1. The van der Waals surface area contributed by atoms with Crippen LogP contribution in [-0.4, -0.2) is 23.9 Å². The van der Waals surface area contributed by atoms with Gasteiger partial charge in [-0.1, -0.05) is 35.4 Å². The van der Waals surface area contributed by atoms with E-state index in [0.717, 1.165) is 11.6 Å². The Hall–Kier alpha value is -4.68. The lowest BCUT2D eigenvalue weighted by Gasteiger charge is -2.10. The van der Waals surface area contributed by atoms with Crippen LogP contribution in [0.2, 0.25) is 5.02 Å². The smallest absolute Gasteiger partial charge is 0.343 e. The second-order valence-electron chi connectivity index (χ2n) is 7.21. The molecule has 176 valence electrons. The Morgan fingerprint density at radius 2 is 1.80 bits per heavy atom. The second-order valence-corrected chi connectivity index (χ2v) is 7.62. The molecule has 0 bridgehead atoms. The molecule has 0 aliphatic heterocycles. The number of non-ortho nitro benzene ring substituents is 1. The Morgan fingerprint density at radius 3 is 2.43 bits per heavy atom. The predicted molar refractivity (Wildman–Crippen MR) is 129 cm³/mol. The van der Waals surface area contributed by atoms with E-state index in [1.54, 1.807) is 30.3 Å². The standard InChI is InChI=1S/C25H18ClN3O6/c1-15-3-6-17(7-4-15)25(31)35-22-10-5-16(12-23(22)34-2)11-18(14-27)24(30)28-21-13-19(29(32)33)8-9-20(21)26/h3-13H,1-2H3,(H,28,30)/b18-11+. The zero-order valence-corrected chi connectivity index (χ0v) is 19.3. The van der Waals surface area contributed by atoms with Gasteiger partial charge in [0.2, 0.25) is 0 Å². The van der Waals surface area contributed by atoms with Crippen LogP contribution in [0.25, 0.3) is 6.08 Å². The lowest BCUT2D eigenvalue weighted by Crippen LogP contribution is -2.14. The van der Waals surface area contributed by atoms with Gasteiger partial charge in [-0.15, -0.1) is 0 Å². The maximum Gasteiger partial charge on any atom is 0.343 e. The molecule has 0 saturated carbocycles. The molecule has 0 heterocycles. The molecule has 0 aliphatic carbocycles. The number of aryl methyl sites for hydroxylation is 1. The number of carbonyl (C=O) groups excluding carboxylic acids is 2. The molecule has 0 aliphatic rings. The van der Waals surface area contributed by atoms with Gasteiger partial charge in [-0.3, -0.25) is 14.9 Å². The second kappa shape index (κ2) is 11.0. The molecular weight excluding hydrogens is 474 g/mol. The van der Waals surface area contributed by atoms with E-state index in [2.05, 4.69) is 5.32 Å². The summed E-state index contributed by atoms with van der Waals surface area (Å²) >= 11 is 6.01. The van der Waals surface area contributed by atoms with E-state index in [4.69, 9.17) is 21.1 Å². The average Bonchev–Trinajstić information content (AvgIpc) is 2.84. The average molecular weight is 492 g/mol. The van der Waals surface area contributed by atoms with Crippen molar-refractivity contribution in [2.24, 2.45) is 0 Å². The number of benzene rings is 3. The fourth-order valence-corrected chi connectivity index (χ4v) is 3.10. The molecule has 35 heavy (non-hydrogen) atoms. The van der Waals surface area contributed by atoms with Crippen molar-refractivity contribution in [2.75, 3.05) is 12.4 Å². The Morgan fingerprint density at radius 1 is 1.09 bits per heavy atom. The highest BCUT2D eigenvalue weighted by Crippen LogP contribution is 2.30. The van der Waals surface area contributed by atoms with E-state index >= 15 is 0 Å². The number of hydrogen-bond acceptors (Lipinski definition) is 7. The third-order valence-corrected chi connectivity index (χ3v) is 5.09. The molecule has 1 amide bonds. The molecule has 3 aromatic carbocycles. The topological polar surface area (TPSA) is 132 Å². The summed E-state index contributed by atoms with van der Waals surface area (Å²) in [6, 6.07) is 16.7. The number of rotatable bonds is 7. The van der Waals surface area contributed by atoms with Crippen molar-refractivity contribution in [3.8, 4) is 17.6 Å². The molecule has 0 unspecified atom stereocenters. The summed E-state index contributed by atoms with van der Waals surface area (Å²) in [6.07, 6.45) is 1.29. The zero-order valence-electron chi connectivity index (χ0n) is 18.6. The Balaban J connectivity index is 1.82. The first-order valence-corrected chi connectivity index (χ1v) is 10.4. The van der Waals surface area contributed by atoms with Gasteiger partial charge < -0.3 is 14.8 Å². The highest BCUT2D eigenvalue weighted by molar-refractivity contribution is 6.34. The summed E-state index contributed by atoms with van der Waals surface area (Å²) in [5.74, 6) is -1.03. The van der Waals surface area contributed by atoms with E-state index in [1.807, 2.05) is 6.92 Å². The third kappa shape index (κ3) is 6.22. The van der Waals surface area contributed by atoms with Gasteiger partial charge in [0, 0.05) is 12.1 Å². The number of amides is 1. The van der Waals surface area contributed by atoms with Crippen LogP contribution in [-0.2, 0) is 4.79 Å². The lowest BCUT2D eigenvalue weighted by molar-refractivity contribution is -0.384. The van der Waals surface area contributed by atoms with E-state index in [0.29, 0.717) is 11.1 Å². The number of carbonyl (C=O) groups is 2. The van der Waals surface area contributed by atoms with Gasteiger partial charge in [0.25, 0.3) is 11.6 Å². The normalized spacial score (nSPS) is 10.7. The van der Waals surface area contributed by atoms with Crippen LogP contribution in [0.4, 0.5) is 11.4 Å². The molecule has 1 N–H and O–H groups in total. The number of hydrogen-bond donors (Lipinski definition) is 1. The van der Waals surface area contributed by atoms with Crippen LogP contribution in [0, 0.1) is 28.4 Å². The van der Waals surface area contributed by atoms with Gasteiger partial charge in [-0.05, 0) is 48.9 Å². The lowest BCUT2D eigenvalue weighted by atomic mass is 10.1. The maximum atomic E-state index is 12.6. The van der Waals surface area contributed by atoms with Crippen molar-refractivity contribution in [3.63, 3.8) is 0 Å². The van der Waals surface area contributed by atoms with Crippen molar-refractivity contribution in [1.82, 2.24) is 0 Å². The summed E-state index contributed by atoms with van der Waals surface area (Å²) in [5, 5.41) is 22.9. The number of nitriles is 1. The molecule has 0 radical (unpaired) electrons. The molecule has 0 aromatic heterocycles. The predicted octanol–water partition coefficient (Wildman–Crippen LogP) is 5.33. The van der Waals surface area contributed by atoms with Crippen molar-refractivity contribution >= 4 is 40.9 Å². The van der Waals surface area contributed by atoms with E-state index in [1.165, 1.54) is 43.5 Å². The van der Waals surface area contributed by atoms with Gasteiger partial charge in [-0.2, -0.15) is 5.26 Å². The third-order valence-electron chi connectivity index (χ3n) is 4.76. The molecule has 0 fully saturated rings. The molecule has 9 nitrogen and oxygen atoms in total. The van der Waals surface area contributed by atoms with Gasteiger partial charge in [0.15, 0.2) is 11.5 Å². The fraction of sp³-hybridized carbons (Fsp3) is 0.0800. The van der Waals surface area contributed by atoms with E-state index in [9.17, 15) is 25.0 Å². The molecule has 3 rings (SSSR count). The summed E-state index contributed by atoms with van der Waals surface area (Å²) in [6.45, 7) is 1.90.